The first-order valence-electron chi connectivity index (χ1n) is 5.92. The Morgan fingerprint density at radius 3 is 3.06 bits per heavy atom. The predicted molar refractivity (Wildman–Crippen MR) is 68.9 cm³/mol. The van der Waals surface area contributed by atoms with Gasteiger partial charge in [0.05, 0.1) is 18.2 Å². The van der Waals surface area contributed by atoms with Crippen LogP contribution < -0.4 is 4.90 Å². The Morgan fingerprint density at radius 1 is 1.50 bits per heavy atom. The molecule has 2 heterocycles. The zero-order valence-electron chi connectivity index (χ0n) is 10.1. The molecule has 0 aliphatic heterocycles. The Bertz CT molecular complexity index is 553. The Hall–Kier alpha value is -1.40. The summed E-state index contributed by atoms with van der Waals surface area (Å²) in [7, 11) is 1.70. The van der Waals surface area contributed by atoms with Gasteiger partial charge in [-0.05, 0) is 24.4 Å². The van der Waals surface area contributed by atoms with E-state index in [1.165, 1.54) is 12.8 Å². The zero-order valence-corrected chi connectivity index (χ0v) is 10.8. The smallest absolute Gasteiger partial charge is 0.226 e. The number of aromatic nitrogens is 4. The van der Waals surface area contributed by atoms with E-state index in [9.17, 15) is 0 Å². The lowest BCUT2D eigenvalue weighted by molar-refractivity contribution is 0.205. The first-order chi connectivity index (χ1) is 8.79. The van der Waals surface area contributed by atoms with Crippen LogP contribution in [0.3, 0.4) is 0 Å². The molecule has 1 N–H and O–H groups in total. The maximum atomic E-state index is 5.96. The number of ether oxygens (including phenoxy) is 1. The monoisotopic (exact) mass is 267 g/mol. The predicted octanol–water partition coefficient (Wildman–Crippen LogP) is 1.62. The number of anilines is 1. The van der Waals surface area contributed by atoms with Gasteiger partial charge in [-0.3, -0.25) is 5.10 Å². The molecule has 1 fully saturated rings. The van der Waals surface area contributed by atoms with Gasteiger partial charge in [-0.15, -0.1) is 0 Å². The lowest BCUT2D eigenvalue weighted by atomic mass is 10.3. The summed E-state index contributed by atoms with van der Waals surface area (Å²) in [6, 6.07) is 0.532. The van der Waals surface area contributed by atoms with Crippen molar-refractivity contribution in [2.24, 2.45) is 0 Å². The van der Waals surface area contributed by atoms with Crippen molar-refractivity contribution in [3.05, 3.63) is 11.5 Å². The molecule has 1 saturated carbocycles. The zero-order chi connectivity index (χ0) is 12.5. The Morgan fingerprint density at radius 2 is 2.33 bits per heavy atom. The van der Waals surface area contributed by atoms with Gasteiger partial charge in [0.25, 0.3) is 0 Å². The van der Waals surface area contributed by atoms with Gasteiger partial charge in [0.2, 0.25) is 5.28 Å². The molecule has 0 bridgehead atoms. The van der Waals surface area contributed by atoms with Crippen molar-refractivity contribution in [2.75, 3.05) is 25.2 Å². The summed E-state index contributed by atoms with van der Waals surface area (Å²) in [4.78, 5) is 10.7. The van der Waals surface area contributed by atoms with E-state index in [4.69, 9.17) is 16.3 Å². The normalized spacial score (nSPS) is 15.2. The molecule has 0 aromatic carbocycles. The number of fused-ring (bicyclic) bond motifs is 1. The van der Waals surface area contributed by atoms with E-state index in [1.807, 2.05) is 0 Å². The van der Waals surface area contributed by atoms with Crippen LogP contribution in [0.2, 0.25) is 5.28 Å². The van der Waals surface area contributed by atoms with E-state index in [-0.39, 0.29) is 5.28 Å². The van der Waals surface area contributed by atoms with E-state index in [1.54, 1.807) is 13.3 Å². The van der Waals surface area contributed by atoms with Gasteiger partial charge in [-0.2, -0.15) is 15.1 Å². The number of hydrogen-bond donors (Lipinski definition) is 1. The molecule has 0 radical (unpaired) electrons. The fraction of sp³-hybridized carbons (Fsp3) is 0.545. The number of aromatic amines is 1. The average Bonchev–Trinajstić information content (AvgIpc) is 3.08. The summed E-state index contributed by atoms with van der Waals surface area (Å²) in [5, 5.41) is 7.97. The fourth-order valence-electron chi connectivity index (χ4n) is 2.05. The van der Waals surface area contributed by atoms with Crippen LogP contribution in [-0.4, -0.2) is 46.5 Å². The van der Waals surface area contributed by atoms with Gasteiger partial charge in [0.15, 0.2) is 5.65 Å². The highest BCUT2D eigenvalue weighted by molar-refractivity contribution is 6.28. The van der Waals surface area contributed by atoms with Crippen molar-refractivity contribution in [1.82, 2.24) is 20.2 Å². The maximum absolute atomic E-state index is 5.96. The molecule has 3 rings (SSSR count). The van der Waals surface area contributed by atoms with Gasteiger partial charge in [0.1, 0.15) is 5.82 Å². The molecule has 0 spiro atoms. The summed E-state index contributed by atoms with van der Waals surface area (Å²) in [5.74, 6) is 0.846. The van der Waals surface area contributed by atoms with Crippen LogP contribution in [0, 0.1) is 0 Å². The molecule has 0 amide bonds. The highest BCUT2D eigenvalue weighted by Gasteiger charge is 2.31. The SMILES string of the molecule is COCCN(c1nc(Cl)nc2[nH]ncc12)C1CC1. The first kappa shape index (κ1) is 11.7. The Kier molecular flexibility index (Phi) is 3.05. The molecule has 6 nitrogen and oxygen atoms in total. The number of hydrogen-bond acceptors (Lipinski definition) is 5. The van der Waals surface area contributed by atoms with Gasteiger partial charge < -0.3 is 9.64 Å². The highest BCUT2D eigenvalue weighted by Crippen LogP contribution is 2.34. The van der Waals surface area contributed by atoms with Crippen LogP contribution in [0.25, 0.3) is 11.0 Å². The molecule has 1 aliphatic carbocycles. The van der Waals surface area contributed by atoms with Crippen molar-refractivity contribution in [3.8, 4) is 0 Å². The van der Waals surface area contributed by atoms with Crippen LogP contribution in [0.4, 0.5) is 5.82 Å². The van der Waals surface area contributed by atoms with Crippen LogP contribution in [0.15, 0.2) is 6.20 Å². The van der Waals surface area contributed by atoms with Crippen molar-refractivity contribution >= 4 is 28.5 Å². The van der Waals surface area contributed by atoms with E-state index in [0.717, 1.165) is 17.7 Å². The summed E-state index contributed by atoms with van der Waals surface area (Å²) in [6.07, 6.45) is 4.11. The third kappa shape index (κ3) is 2.13. The van der Waals surface area contributed by atoms with Crippen molar-refractivity contribution < 1.29 is 4.74 Å². The van der Waals surface area contributed by atoms with E-state index in [2.05, 4.69) is 25.1 Å². The number of rotatable bonds is 5. The molecule has 1 aliphatic rings. The highest BCUT2D eigenvalue weighted by atomic mass is 35.5. The minimum atomic E-state index is 0.241. The quantitative estimate of drug-likeness (QED) is 0.834. The third-order valence-electron chi connectivity index (χ3n) is 3.06. The summed E-state index contributed by atoms with van der Waals surface area (Å²) < 4.78 is 5.15. The largest absolute Gasteiger partial charge is 0.383 e. The standard InChI is InChI=1S/C11H14ClN5O/c1-18-5-4-17(7-2-3-7)10-8-6-13-16-9(8)14-11(12)15-10/h6-7H,2-5H2,1H3,(H,13,14,15,16). The summed E-state index contributed by atoms with van der Waals surface area (Å²) in [6.45, 7) is 1.46. The molecular formula is C11H14ClN5O. The van der Waals surface area contributed by atoms with E-state index in [0.29, 0.717) is 18.3 Å². The van der Waals surface area contributed by atoms with E-state index < -0.39 is 0 Å². The van der Waals surface area contributed by atoms with Gasteiger partial charge >= 0.3 is 0 Å². The summed E-state index contributed by atoms with van der Waals surface area (Å²) >= 11 is 5.96. The third-order valence-corrected chi connectivity index (χ3v) is 3.23. The summed E-state index contributed by atoms with van der Waals surface area (Å²) in [5.41, 5.74) is 0.674. The molecule has 0 saturated heterocycles. The van der Waals surface area contributed by atoms with Gasteiger partial charge in [-0.1, -0.05) is 0 Å². The second kappa shape index (κ2) is 4.70. The van der Waals surface area contributed by atoms with Crippen LogP contribution in [0.5, 0.6) is 0 Å². The first-order valence-corrected chi connectivity index (χ1v) is 6.29. The second-order valence-electron chi connectivity index (χ2n) is 4.37. The second-order valence-corrected chi connectivity index (χ2v) is 4.70. The lowest BCUT2D eigenvalue weighted by Gasteiger charge is -2.23. The van der Waals surface area contributed by atoms with Crippen LogP contribution in [-0.2, 0) is 4.74 Å². The number of nitrogens with one attached hydrogen (secondary N) is 1. The van der Waals surface area contributed by atoms with Crippen LogP contribution in [0.1, 0.15) is 12.8 Å². The van der Waals surface area contributed by atoms with Crippen molar-refractivity contribution in [3.63, 3.8) is 0 Å². The number of nitrogens with zero attached hydrogens (tertiary/aromatic N) is 4. The Balaban J connectivity index is 2.01. The molecule has 7 heteroatoms. The van der Waals surface area contributed by atoms with Gasteiger partial charge in [0, 0.05) is 19.7 Å². The number of H-pyrrole nitrogens is 1. The molecular weight excluding hydrogens is 254 g/mol. The van der Waals surface area contributed by atoms with E-state index >= 15 is 0 Å². The van der Waals surface area contributed by atoms with Crippen LogP contribution >= 0.6 is 11.6 Å². The average molecular weight is 268 g/mol. The molecule has 0 unspecified atom stereocenters. The van der Waals surface area contributed by atoms with Crippen molar-refractivity contribution in [1.29, 1.82) is 0 Å². The molecule has 2 aromatic rings. The number of methoxy groups -OCH3 is 1. The Labute approximate surface area is 109 Å². The maximum Gasteiger partial charge on any atom is 0.226 e. The van der Waals surface area contributed by atoms with Crippen molar-refractivity contribution in [2.45, 2.75) is 18.9 Å². The minimum absolute atomic E-state index is 0.241. The molecule has 0 atom stereocenters. The number of halogens is 1. The topological polar surface area (TPSA) is 66.9 Å². The molecule has 96 valence electrons. The molecule has 2 aromatic heterocycles. The molecule has 18 heavy (non-hydrogen) atoms. The lowest BCUT2D eigenvalue weighted by Crippen LogP contribution is -2.30. The van der Waals surface area contributed by atoms with Gasteiger partial charge in [-0.25, -0.2) is 0 Å². The minimum Gasteiger partial charge on any atom is -0.383 e. The fourth-order valence-corrected chi connectivity index (χ4v) is 2.21.